The Morgan fingerprint density at radius 2 is 1.90 bits per heavy atom. The summed E-state index contributed by atoms with van der Waals surface area (Å²) in [7, 11) is 0. The van der Waals surface area contributed by atoms with Crippen molar-refractivity contribution in [3.05, 3.63) is 51.7 Å². The first kappa shape index (κ1) is 14.5. The highest BCUT2D eigenvalue weighted by Crippen LogP contribution is 2.35. The predicted octanol–water partition coefficient (Wildman–Crippen LogP) is 5.22. The predicted molar refractivity (Wildman–Crippen MR) is 92.4 cm³/mol. The van der Waals surface area contributed by atoms with E-state index in [4.69, 9.17) is 0 Å². The molecule has 0 saturated carbocycles. The van der Waals surface area contributed by atoms with E-state index in [2.05, 4.69) is 55.9 Å². The number of fused-ring (bicyclic) bond motifs is 1. The average Bonchev–Trinajstić information content (AvgIpc) is 2.76. The van der Waals surface area contributed by atoms with E-state index in [1.807, 2.05) is 11.8 Å². The van der Waals surface area contributed by atoms with Gasteiger partial charge in [-0.3, -0.25) is 0 Å². The number of nitrogens with zero attached hydrogens (tertiary/aromatic N) is 2. The first-order valence-corrected chi connectivity index (χ1v) is 8.76. The van der Waals surface area contributed by atoms with Crippen molar-refractivity contribution >= 4 is 33.3 Å². The molecule has 0 amide bonds. The van der Waals surface area contributed by atoms with Gasteiger partial charge in [-0.25, -0.2) is 9.97 Å². The Bertz CT molecular complexity index is 806. The summed E-state index contributed by atoms with van der Waals surface area (Å²) in [6.45, 7) is 8.63. The number of thiophene rings is 1. The topological polar surface area (TPSA) is 25.8 Å². The van der Waals surface area contributed by atoms with Gasteiger partial charge >= 0.3 is 0 Å². The molecule has 108 valence electrons. The highest BCUT2D eigenvalue weighted by molar-refractivity contribution is 7.98. The van der Waals surface area contributed by atoms with Gasteiger partial charge in [0, 0.05) is 16.0 Å². The fourth-order valence-corrected chi connectivity index (χ4v) is 4.54. The zero-order valence-electron chi connectivity index (χ0n) is 12.7. The molecule has 0 atom stereocenters. The number of aromatic nitrogens is 2. The van der Waals surface area contributed by atoms with Crippen LogP contribution < -0.4 is 0 Å². The fourth-order valence-electron chi connectivity index (χ4n) is 2.36. The molecule has 2 aromatic heterocycles. The van der Waals surface area contributed by atoms with Crippen molar-refractivity contribution in [3.8, 4) is 0 Å². The van der Waals surface area contributed by atoms with Crippen LogP contribution >= 0.6 is 23.1 Å². The lowest BCUT2D eigenvalue weighted by Crippen LogP contribution is -1.90. The number of benzene rings is 1. The summed E-state index contributed by atoms with van der Waals surface area (Å²) >= 11 is 3.56. The van der Waals surface area contributed by atoms with Gasteiger partial charge in [-0.1, -0.05) is 23.8 Å². The Morgan fingerprint density at radius 1 is 1.10 bits per heavy atom. The van der Waals surface area contributed by atoms with Crippen LogP contribution in [0.3, 0.4) is 0 Å². The molecule has 0 unspecified atom stereocenters. The molecular formula is C17H18N2S2. The average molecular weight is 314 g/mol. The van der Waals surface area contributed by atoms with Gasteiger partial charge in [-0.05, 0) is 44.4 Å². The van der Waals surface area contributed by atoms with Gasteiger partial charge in [0.25, 0.3) is 0 Å². The van der Waals surface area contributed by atoms with E-state index in [1.54, 1.807) is 17.7 Å². The van der Waals surface area contributed by atoms with E-state index >= 15 is 0 Å². The Kier molecular flexibility index (Phi) is 4.00. The summed E-state index contributed by atoms with van der Waals surface area (Å²) in [5.74, 6) is 0.952. The van der Waals surface area contributed by atoms with Crippen molar-refractivity contribution in [3.63, 3.8) is 0 Å². The van der Waals surface area contributed by atoms with E-state index in [-0.39, 0.29) is 0 Å². The van der Waals surface area contributed by atoms with E-state index < -0.39 is 0 Å². The van der Waals surface area contributed by atoms with Gasteiger partial charge in [-0.2, -0.15) is 0 Å². The zero-order chi connectivity index (χ0) is 15.0. The third-order valence-corrected chi connectivity index (χ3v) is 5.95. The summed E-state index contributed by atoms with van der Waals surface area (Å²) in [6.07, 6.45) is 1.68. The highest BCUT2D eigenvalue weighted by atomic mass is 32.2. The molecule has 0 aliphatic heterocycles. The van der Waals surface area contributed by atoms with E-state index in [0.717, 1.165) is 15.6 Å². The largest absolute Gasteiger partial charge is 0.229 e. The van der Waals surface area contributed by atoms with E-state index in [1.165, 1.54) is 32.5 Å². The molecule has 0 N–H and O–H groups in total. The second kappa shape index (κ2) is 5.78. The van der Waals surface area contributed by atoms with Crippen molar-refractivity contribution in [2.45, 2.75) is 38.5 Å². The number of aryl methyl sites for hydroxylation is 4. The van der Waals surface area contributed by atoms with Gasteiger partial charge in [0.05, 0.1) is 0 Å². The van der Waals surface area contributed by atoms with Crippen LogP contribution in [0, 0.1) is 27.7 Å². The van der Waals surface area contributed by atoms with Gasteiger partial charge in [-0.15, -0.1) is 23.1 Å². The van der Waals surface area contributed by atoms with Gasteiger partial charge < -0.3 is 0 Å². The molecule has 0 bridgehead atoms. The van der Waals surface area contributed by atoms with Crippen molar-refractivity contribution in [1.82, 2.24) is 9.97 Å². The van der Waals surface area contributed by atoms with Crippen LogP contribution in [0.15, 0.2) is 29.6 Å². The maximum atomic E-state index is 4.51. The second-order valence-electron chi connectivity index (χ2n) is 5.36. The minimum atomic E-state index is 0.952. The fraction of sp³-hybridized carbons (Fsp3) is 0.294. The smallest absolute Gasteiger partial charge is 0.128 e. The SMILES string of the molecule is Cc1ccc(C)c(CSc2ncnc3sc(C)c(C)c23)c1. The summed E-state index contributed by atoms with van der Waals surface area (Å²) in [5.41, 5.74) is 5.36. The molecule has 0 fully saturated rings. The number of hydrogen-bond acceptors (Lipinski definition) is 4. The summed E-state index contributed by atoms with van der Waals surface area (Å²) in [4.78, 5) is 11.3. The van der Waals surface area contributed by atoms with Crippen LogP contribution in [0.1, 0.15) is 27.1 Å². The normalized spacial score (nSPS) is 11.2. The number of hydrogen-bond donors (Lipinski definition) is 0. The molecular weight excluding hydrogens is 296 g/mol. The summed E-state index contributed by atoms with van der Waals surface area (Å²) < 4.78 is 0. The molecule has 2 heterocycles. The van der Waals surface area contributed by atoms with Crippen molar-refractivity contribution in [2.75, 3.05) is 0 Å². The van der Waals surface area contributed by atoms with Gasteiger partial charge in [0.1, 0.15) is 16.2 Å². The molecule has 3 rings (SSSR count). The quantitative estimate of drug-likeness (QED) is 0.490. The molecule has 0 saturated heterocycles. The minimum absolute atomic E-state index is 0.952. The molecule has 21 heavy (non-hydrogen) atoms. The van der Waals surface area contributed by atoms with Crippen LogP contribution in [-0.2, 0) is 5.75 Å². The van der Waals surface area contributed by atoms with Crippen LogP contribution in [0.25, 0.3) is 10.2 Å². The standard InChI is InChI=1S/C17H18N2S2/c1-10-5-6-11(2)14(7-10)8-20-16-15-12(3)13(4)21-17(15)19-9-18-16/h5-7,9H,8H2,1-4H3. The van der Waals surface area contributed by atoms with Crippen LogP contribution in [-0.4, -0.2) is 9.97 Å². The summed E-state index contributed by atoms with van der Waals surface area (Å²) in [5, 5.41) is 2.33. The molecule has 4 heteroatoms. The Labute approximate surface area is 133 Å². The molecule has 3 aromatic rings. The Morgan fingerprint density at radius 3 is 2.71 bits per heavy atom. The maximum absolute atomic E-state index is 4.51. The van der Waals surface area contributed by atoms with Crippen LogP contribution in [0.4, 0.5) is 0 Å². The third kappa shape index (κ3) is 2.83. The summed E-state index contributed by atoms with van der Waals surface area (Å²) in [6, 6.07) is 6.63. The third-order valence-electron chi connectivity index (χ3n) is 3.80. The lowest BCUT2D eigenvalue weighted by Gasteiger charge is -2.07. The lowest BCUT2D eigenvalue weighted by atomic mass is 10.1. The monoisotopic (exact) mass is 314 g/mol. The van der Waals surface area contributed by atoms with Crippen LogP contribution in [0.2, 0.25) is 0 Å². The molecule has 2 nitrogen and oxygen atoms in total. The Hall–Kier alpha value is -1.39. The van der Waals surface area contributed by atoms with Crippen molar-refractivity contribution in [1.29, 1.82) is 0 Å². The lowest BCUT2D eigenvalue weighted by molar-refractivity contribution is 1.10. The minimum Gasteiger partial charge on any atom is -0.229 e. The first-order chi connectivity index (χ1) is 10.1. The van der Waals surface area contributed by atoms with E-state index in [0.29, 0.717) is 0 Å². The molecule has 0 aliphatic carbocycles. The zero-order valence-corrected chi connectivity index (χ0v) is 14.4. The number of rotatable bonds is 3. The molecule has 1 aromatic carbocycles. The van der Waals surface area contributed by atoms with E-state index in [9.17, 15) is 0 Å². The number of thioether (sulfide) groups is 1. The van der Waals surface area contributed by atoms with Crippen molar-refractivity contribution < 1.29 is 0 Å². The van der Waals surface area contributed by atoms with Gasteiger partial charge in [0.2, 0.25) is 0 Å². The maximum Gasteiger partial charge on any atom is 0.128 e. The highest BCUT2D eigenvalue weighted by Gasteiger charge is 2.12. The van der Waals surface area contributed by atoms with Crippen LogP contribution in [0.5, 0.6) is 0 Å². The Balaban J connectivity index is 1.93. The first-order valence-electron chi connectivity index (χ1n) is 6.96. The van der Waals surface area contributed by atoms with Gasteiger partial charge in [0.15, 0.2) is 0 Å². The molecule has 0 radical (unpaired) electrons. The molecule has 0 aliphatic rings. The van der Waals surface area contributed by atoms with Crippen molar-refractivity contribution in [2.24, 2.45) is 0 Å². The molecule has 0 spiro atoms. The second-order valence-corrected chi connectivity index (χ2v) is 7.53.